The zero-order chi connectivity index (χ0) is 18.5. The first-order valence-electron chi connectivity index (χ1n) is 9.30. The minimum atomic E-state index is -3.13. The summed E-state index contributed by atoms with van der Waals surface area (Å²) in [5, 5.41) is 2.72. The van der Waals surface area contributed by atoms with Crippen LogP contribution in [0, 0.1) is 17.3 Å². The molecule has 0 spiro atoms. The van der Waals surface area contributed by atoms with Crippen LogP contribution in [0.4, 0.5) is 0 Å². The fourth-order valence-corrected chi connectivity index (χ4v) is 4.42. The van der Waals surface area contributed by atoms with Crippen molar-refractivity contribution >= 4 is 15.9 Å². The smallest absolute Gasteiger partial charge is 0.225 e. The lowest BCUT2D eigenvalue weighted by Gasteiger charge is -2.33. The summed E-state index contributed by atoms with van der Waals surface area (Å²) in [6.07, 6.45) is 3.69. The predicted octanol–water partition coefficient (Wildman–Crippen LogP) is 3.02. The number of sulfonamides is 1. The van der Waals surface area contributed by atoms with Gasteiger partial charge < -0.3 is 5.32 Å². The van der Waals surface area contributed by atoms with Crippen molar-refractivity contribution < 1.29 is 13.2 Å². The van der Waals surface area contributed by atoms with Gasteiger partial charge in [0, 0.05) is 25.0 Å². The van der Waals surface area contributed by atoms with Crippen LogP contribution in [-0.4, -0.2) is 43.5 Å². The van der Waals surface area contributed by atoms with Crippen LogP contribution in [0.15, 0.2) is 0 Å². The van der Waals surface area contributed by atoms with E-state index in [1.807, 2.05) is 13.8 Å². The number of piperidine rings is 1. The second-order valence-electron chi connectivity index (χ2n) is 8.01. The van der Waals surface area contributed by atoms with Crippen LogP contribution in [0.3, 0.4) is 0 Å². The quantitative estimate of drug-likeness (QED) is 0.723. The van der Waals surface area contributed by atoms with Crippen LogP contribution >= 0.6 is 0 Å². The summed E-state index contributed by atoms with van der Waals surface area (Å²) in [6.45, 7) is 13.6. The number of hydrogen-bond donors (Lipinski definition) is 1. The second kappa shape index (κ2) is 8.65. The van der Waals surface area contributed by atoms with E-state index in [1.54, 1.807) is 18.2 Å². The Labute approximate surface area is 148 Å². The van der Waals surface area contributed by atoms with Crippen molar-refractivity contribution in [3.8, 4) is 0 Å². The molecule has 1 N–H and O–H groups in total. The van der Waals surface area contributed by atoms with Crippen molar-refractivity contribution in [1.29, 1.82) is 0 Å². The SMILES string of the molecule is CCC(C)C(C)(C)C(=O)NCCC1CCN(S(=O)(=O)C(C)C)CC1. The Kier molecular flexibility index (Phi) is 7.73. The van der Waals surface area contributed by atoms with E-state index < -0.39 is 10.0 Å². The molecule has 0 aromatic rings. The molecule has 1 fully saturated rings. The predicted molar refractivity (Wildman–Crippen MR) is 99.2 cm³/mol. The molecular weight excluding hydrogens is 324 g/mol. The van der Waals surface area contributed by atoms with Crippen molar-refractivity contribution in [1.82, 2.24) is 9.62 Å². The number of nitrogens with one attached hydrogen (secondary N) is 1. The Morgan fingerprint density at radius 2 is 1.75 bits per heavy atom. The minimum absolute atomic E-state index is 0.122. The Morgan fingerprint density at radius 1 is 1.21 bits per heavy atom. The molecule has 0 radical (unpaired) electrons. The molecule has 1 aliphatic rings. The summed E-state index contributed by atoms with van der Waals surface area (Å²) in [4.78, 5) is 12.4. The first-order chi connectivity index (χ1) is 11.0. The summed E-state index contributed by atoms with van der Waals surface area (Å²) >= 11 is 0. The van der Waals surface area contributed by atoms with Gasteiger partial charge in [-0.25, -0.2) is 12.7 Å². The van der Waals surface area contributed by atoms with E-state index in [9.17, 15) is 13.2 Å². The highest BCUT2D eigenvalue weighted by molar-refractivity contribution is 7.89. The van der Waals surface area contributed by atoms with Gasteiger partial charge in [0.05, 0.1) is 5.25 Å². The van der Waals surface area contributed by atoms with Gasteiger partial charge in [0.15, 0.2) is 0 Å². The molecule has 1 aliphatic heterocycles. The number of carbonyl (C=O) groups is 1. The molecule has 1 atom stereocenters. The summed E-state index contributed by atoms with van der Waals surface area (Å²) in [5.74, 6) is 0.967. The lowest BCUT2D eigenvalue weighted by molar-refractivity contribution is -0.131. The zero-order valence-electron chi connectivity index (χ0n) is 16.3. The molecule has 1 amide bonds. The van der Waals surface area contributed by atoms with Gasteiger partial charge in [-0.1, -0.05) is 34.1 Å². The van der Waals surface area contributed by atoms with Crippen molar-refractivity contribution in [3.63, 3.8) is 0 Å². The average Bonchev–Trinajstić information content (AvgIpc) is 2.54. The molecule has 0 aromatic heterocycles. The number of carbonyl (C=O) groups excluding carboxylic acids is 1. The maximum absolute atomic E-state index is 12.4. The highest BCUT2D eigenvalue weighted by Gasteiger charge is 2.33. The van der Waals surface area contributed by atoms with E-state index >= 15 is 0 Å². The minimum Gasteiger partial charge on any atom is -0.356 e. The summed E-state index contributed by atoms with van der Waals surface area (Å²) in [6, 6.07) is 0. The Morgan fingerprint density at radius 3 is 2.21 bits per heavy atom. The third kappa shape index (κ3) is 5.19. The molecule has 1 rings (SSSR count). The molecule has 1 heterocycles. The molecule has 5 nitrogen and oxygen atoms in total. The third-order valence-electron chi connectivity index (χ3n) is 5.80. The topological polar surface area (TPSA) is 66.5 Å². The summed E-state index contributed by atoms with van der Waals surface area (Å²) in [5.41, 5.74) is -0.344. The molecule has 1 saturated heterocycles. The van der Waals surface area contributed by atoms with Gasteiger partial charge in [-0.15, -0.1) is 0 Å². The van der Waals surface area contributed by atoms with Crippen LogP contribution in [0.5, 0.6) is 0 Å². The average molecular weight is 361 g/mol. The van der Waals surface area contributed by atoms with Gasteiger partial charge in [0.1, 0.15) is 0 Å². The van der Waals surface area contributed by atoms with Crippen molar-refractivity contribution in [3.05, 3.63) is 0 Å². The van der Waals surface area contributed by atoms with Gasteiger partial charge in [0.2, 0.25) is 15.9 Å². The van der Waals surface area contributed by atoms with Crippen LogP contribution < -0.4 is 5.32 Å². The van der Waals surface area contributed by atoms with Crippen molar-refractivity contribution in [2.24, 2.45) is 17.3 Å². The van der Waals surface area contributed by atoms with E-state index in [0.717, 1.165) is 25.7 Å². The van der Waals surface area contributed by atoms with Gasteiger partial charge in [-0.2, -0.15) is 0 Å². The van der Waals surface area contributed by atoms with Crippen molar-refractivity contribution in [2.45, 2.75) is 72.5 Å². The summed E-state index contributed by atoms with van der Waals surface area (Å²) < 4.78 is 26.0. The molecule has 0 saturated carbocycles. The van der Waals surface area contributed by atoms with Crippen LogP contribution in [-0.2, 0) is 14.8 Å². The van der Waals surface area contributed by atoms with Gasteiger partial charge in [-0.05, 0) is 44.9 Å². The summed E-state index contributed by atoms with van der Waals surface area (Å²) in [7, 11) is -3.13. The molecule has 142 valence electrons. The van der Waals surface area contributed by atoms with Crippen LogP contribution in [0.25, 0.3) is 0 Å². The third-order valence-corrected chi connectivity index (χ3v) is 8.07. The van der Waals surface area contributed by atoms with E-state index in [4.69, 9.17) is 0 Å². The molecule has 0 bridgehead atoms. The maximum Gasteiger partial charge on any atom is 0.225 e. The second-order valence-corrected chi connectivity index (χ2v) is 10.5. The molecule has 0 aromatic carbocycles. The van der Waals surface area contributed by atoms with Crippen LogP contribution in [0.2, 0.25) is 0 Å². The molecule has 1 unspecified atom stereocenters. The fourth-order valence-electron chi connectivity index (χ4n) is 3.10. The normalized spacial score (nSPS) is 19.5. The lowest BCUT2D eigenvalue weighted by atomic mass is 9.77. The van der Waals surface area contributed by atoms with Crippen LogP contribution in [0.1, 0.15) is 67.2 Å². The fraction of sp³-hybridized carbons (Fsp3) is 0.944. The Hall–Kier alpha value is -0.620. The van der Waals surface area contributed by atoms with E-state index in [0.29, 0.717) is 31.5 Å². The first-order valence-corrected chi connectivity index (χ1v) is 10.8. The maximum atomic E-state index is 12.4. The Balaban J connectivity index is 2.38. The zero-order valence-corrected chi connectivity index (χ0v) is 17.1. The number of rotatable bonds is 8. The lowest BCUT2D eigenvalue weighted by Crippen LogP contribution is -2.43. The Bertz CT molecular complexity index is 506. The molecule has 6 heteroatoms. The molecule has 0 aliphatic carbocycles. The largest absolute Gasteiger partial charge is 0.356 e. The van der Waals surface area contributed by atoms with Gasteiger partial charge in [-0.3, -0.25) is 4.79 Å². The molecular formula is C18H36N2O3S. The highest BCUT2D eigenvalue weighted by atomic mass is 32.2. The van der Waals surface area contributed by atoms with Gasteiger partial charge in [0.25, 0.3) is 0 Å². The number of nitrogens with zero attached hydrogens (tertiary/aromatic N) is 1. The number of hydrogen-bond acceptors (Lipinski definition) is 3. The van der Waals surface area contributed by atoms with E-state index in [-0.39, 0.29) is 16.6 Å². The highest BCUT2D eigenvalue weighted by Crippen LogP contribution is 2.29. The molecule has 24 heavy (non-hydrogen) atoms. The first kappa shape index (κ1) is 21.4. The standard InChI is InChI=1S/C18H36N2O3S/c1-7-15(4)18(5,6)17(21)19-11-8-16-9-12-20(13-10-16)24(22,23)14(2)3/h14-16H,7-13H2,1-6H3,(H,19,21). The van der Waals surface area contributed by atoms with Crippen molar-refractivity contribution in [2.75, 3.05) is 19.6 Å². The van der Waals surface area contributed by atoms with E-state index in [1.165, 1.54) is 0 Å². The monoisotopic (exact) mass is 360 g/mol. The number of amides is 1. The van der Waals surface area contributed by atoms with E-state index in [2.05, 4.69) is 19.2 Å². The van der Waals surface area contributed by atoms with Gasteiger partial charge >= 0.3 is 0 Å².